The molecule has 1 aromatic rings. The molecule has 2 rings (SSSR count). The summed E-state index contributed by atoms with van der Waals surface area (Å²) in [5, 5.41) is 0. The minimum Gasteiger partial charge on any atom is -0.206 e. The second kappa shape index (κ2) is 3.32. The van der Waals surface area contributed by atoms with Crippen molar-refractivity contribution in [1.29, 1.82) is 0 Å². The lowest BCUT2D eigenvalue weighted by atomic mass is 9.80. The van der Waals surface area contributed by atoms with E-state index in [-0.39, 0.29) is 5.82 Å². The monoisotopic (exact) mass is 276 g/mol. The number of rotatable bonds is 1. The van der Waals surface area contributed by atoms with E-state index in [1.807, 2.05) is 40.8 Å². The molecule has 0 heterocycles. The molecule has 0 amide bonds. The highest BCUT2D eigenvalue weighted by atomic mass is 127. The van der Waals surface area contributed by atoms with Gasteiger partial charge >= 0.3 is 0 Å². The van der Waals surface area contributed by atoms with Crippen LogP contribution < -0.4 is 0 Å². The lowest BCUT2D eigenvalue weighted by Gasteiger charge is -2.26. The summed E-state index contributed by atoms with van der Waals surface area (Å²) >= 11 is 2.05. The van der Waals surface area contributed by atoms with E-state index in [4.69, 9.17) is 0 Å². The van der Waals surface area contributed by atoms with E-state index < -0.39 is 0 Å². The molecule has 0 atom stereocenters. The Balaban J connectivity index is 2.36. The van der Waals surface area contributed by atoms with Crippen LogP contribution in [-0.4, -0.2) is 0 Å². The predicted molar refractivity (Wildman–Crippen MR) is 55.7 cm³/mol. The van der Waals surface area contributed by atoms with E-state index in [1.165, 1.54) is 6.42 Å². The normalized spacial score (nSPS) is 17.5. The fourth-order valence-electron chi connectivity index (χ4n) is 1.56. The summed E-state index contributed by atoms with van der Waals surface area (Å²) in [6, 6.07) is 5.68. The van der Waals surface area contributed by atoms with Crippen LogP contribution in [0.1, 0.15) is 30.7 Å². The van der Waals surface area contributed by atoms with E-state index in [9.17, 15) is 4.39 Å². The molecule has 12 heavy (non-hydrogen) atoms. The number of hydrogen-bond donors (Lipinski definition) is 0. The number of halogens is 2. The molecule has 0 aromatic heterocycles. The maximum Gasteiger partial charge on any atom is 0.139 e. The number of hydrogen-bond acceptors (Lipinski definition) is 0. The fourth-order valence-corrected chi connectivity index (χ4v) is 2.07. The van der Waals surface area contributed by atoms with Crippen molar-refractivity contribution in [3.63, 3.8) is 0 Å². The summed E-state index contributed by atoms with van der Waals surface area (Å²) in [6.45, 7) is 0. The topological polar surface area (TPSA) is 0 Å². The third-order valence-corrected chi connectivity index (χ3v) is 3.36. The van der Waals surface area contributed by atoms with Gasteiger partial charge in [0.15, 0.2) is 0 Å². The lowest BCUT2D eigenvalue weighted by molar-refractivity contribution is 0.403. The molecule has 0 radical (unpaired) electrons. The second-order valence-electron chi connectivity index (χ2n) is 3.27. The van der Waals surface area contributed by atoms with Crippen molar-refractivity contribution in [1.82, 2.24) is 0 Å². The summed E-state index contributed by atoms with van der Waals surface area (Å²) in [4.78, 5) is 0. The van der Waals surface area contributed by atoms with Crippen molar-refractivity contribution in [3.8, 4) is 0 Å². The van der Waals surface area contributed by atoms with Gasteiger partial charge in [0.1, 0.15) is 5.82 Å². The van der Waals surface area contributed by atoms with E-state index in [2.05, 4.69) is 0 Å². The average Bonchev–Trinajstić information content (AvgIpc) is 1.95. The Kier molecular flexibility index (Phi) is 2.35. The highest BCUT2D eigenvalue weighted by molar-refractivity contribution is 14.1. The summed E-state index contributed by atoms with van der Waals surface area (Å²) < 4.78 is 14.2. The van der Waals surface area contributed by atoms with Crippen LogP contribution in [0.5, 0.6) is 0 Å². The van der Waals surface area contributed by atoms with Gasteiger partial charge in [-0.25, -0.2) is 4.39 Å². The largest absolute Gasteiger partial charge is 0.206 e. The lowest BCUT2D eigenvalue weighted by Crippen LogP contribution is -2.11. The Morgan fingerprint density at radius 2 is 2.08 bits per heavy atom. The molecule has 2 heteroatoms. The Hall–Kier alpha value is -0.120. The Morgan fingerprint density at radius 3 is 2.67 bits per heavy atom. The van der Waals surface area contributed by atoms with Crippen LogP contribution in [0.15, 0.2) is 18.2 Å². The molecule has 0 unspecified atom stereocenters. The van der Waals surface area contributed by atoms with Crippen molar-refractivity contribution in [2.75, 3.05) is 0 Å². The summed E-state index contributed by atoms with van der Waals surface area (Å²) in [6.07, 6.45) is 3.59. The van der Waals surface area contributed by atoms with E-state index in [1.54, 1.807) is 0 Å². The standard InChI is InChI=1S/C10H10FI/c11-10-8(7-3-1-4-7)5-2-6-9(10)12/h2,5-7H,1,3-4H2. The van der Waals surface area contributed by atoms with Gasteiger partial charge in [0.25, 0.3) is 0 Å². The Labute approximate surface area is 85.3 Å². The maximum atomic E-state index is 13.5. The van der Waals surface area contributed by atoms with E-state index >= 15 is 0 Å². The van der Waals surface area contributed by atoms with Gasteiger partial charge < -0.3 is 0 Å². The van der Waals surface area contributed by atoms with Crippen molar-refractivity contribution in [2.24, 2.45) is 0 Å². The van der Waals surface area contributed by atoms with Gasteiger partial charge in [0.2, 0.25) is 0 Å². The molecule has 1 saturated carbocycles. The maximum absolute atomic E-state index is 13.5. The molecule has 1 aliphatic carbocycles. The SMILES string of the molecule is Fc1c(I)cccc1C1CCC1. The summed E-state index contributed by atoms with van der Waals surface area (Å²) in [5.74, 6) is 0.502. The second-order valence-corrected chi connectivity index (χ2v) is 4.43. The minimum atomic E-state index is 0.00259. The summed E-state index contributed by atoms with van der Waals surface area (Å²) in [7, 11) is 0. The van der Waals surface area contributed by atoms with Gasteiger partial charge in [-0.3, -0.25) is 0 Å². The molecule has 1 aliphatic rings. The highest BCUT2D eigenvalue weighted by Gasteiger charge is 2.22. The van der Waals surface area contributed by atoms with Crippen LogP contribution in [-0.2, 0) is 0 Å². The smallest absolute Gasteiger partial charge is 0.139 e. The first-order valence-electron chi connectivity index (χ1n) is 4.23. The first-order chi connectivity index (χ1) is 5.79. The molecule has 64 valence electrons. The molecule has 0 spiro atoms. The molecule has 0 aliphatic heterocycles. The molecule has 0 saturated heterocycles. The molecule has 0 bridgehead atoms. The molecule has 0 N–H and O–H groups in total. The van der Waals surface area contributed by atoms with Crippen LogP contribution >= 0.6 is 22.6 Å². The van der Waals surface area contributed by atoms with E-state index in [0.717, 1.165) is 22.0 Å². The fraction of sp³-hybridized carbons (Fsp3) is 0.400. The average molecular weight is 276 g/mol. The van der Waals surface area contributed by atoms with Gasteiger partial charge in [-0.1, -0.05) is 18.6 Å². The van der Waals surface area contributed by atoms with Crippen molar-refractivity contribution >= 4 is 22.6 Å². The third kappa shape index (κ3) is 1.37. The van der Waals surface area contributed by atoms with Crippen molar-refractivity contribution in [2.45, 2.75) is 25.2 Å². The van der Waals surface area contributed by atoms with Gasteiger partial charge in [-0.2, -0.15) is 0 Å². The highest BCUT2D eigenvalue weighted by Crippen LogP contribution is 2.38. The van der Waals surface area contributed by atoms with Gasteiger partial charge in [0.05, 0.1) is 0 Å². The van der Waals surface area contributed by atoms with Gasteiger partial charge in [0, 0.05) is 3.57 Å². The van der Waals surface area contributed by atoms with Crippen molar-refractivity contribution in [3.05, 3.63) is 33.1 Å². The zero-order valence-corrected chi connectivity index (χ0v) is 8.84. The van der Waals surface area contributed by atoms with Crippen LogP contribution in [0, 0.1) is 9.39 Å². The van der Waals surface area contributed by atoms with Gasteiger partial charge in [-0.05, 0) is 53.0 Å². The molecule has 1 aromatic carbocycles. The minimum absolute atomic E-state index is 0.00259. The zero-order valence-electron chi connectivity index (χ0n) is 6.69. The van der Waals surface area contributed by atoms with Crippen LogP contribution in [0.4, 0.5) is 4.39 Å². The first-order valence-corrected chi connectivity index (χ1v) is 5.31. The van der Waals surface area contributed by atoms with Crippen LogP contribution in [0.2, 0.25) is 0 Å². The molecular weight excluding hydrogens is 266 g/mol. The third-order valence-electron chi connectivity index (χ3n) is 2.53. The molecule has 1 fully saturated rings. The number of benzene rings is 1. The molecular formula is C10H10FI. The first kappa shape index (κ1) is 8.48. The van der Waals surface area contributed by atoms with Gasteiger partial charge in [-0.15, -0.1) is 0 Å². The van der Waals surface area contributed by atoms with Crippen LogP contribution in [0.3, 0.4) is 0 Å². The Bertz CT molecular complexity index is 292. The zero-order chi connectivity index (χ0) is 8.55. The van der Waals surface area contributed by atoms with Crippen LogP contribution in [0.25, 0.3) is 0 Å². The Morgan fingerprint density at radius 1 is 1.33 bits per heavy atom. The quantitative estimate of drug-likeness (QED) is 0.686. The predicted octanol–water partition coefficient (Wildman–Crippen LogP) is 3.70. The van der Waals surface area contributed by atoms with E-state index in [0.29, 0.717) is 5.92 Å². The van der Waals surface area contributed by atoms with Crippen molar-refractivity contribution < 1.29 is 4.39 Å². The summed E-state index contributed by atoms with van der Waals surface area (Å²) in [5.41, 5.74) is 0.924. The molecule has 0 nitrogen and oxygen atoms in total.